The van der Waals surface area contributed by atoms with Gasteiger partial charge in [0.1, 0.15) is 24.5 Å². The number of halogens is 1. The number of carbonyl (C=O) groups excluding carboxylic acids is 1. The summed E-state index contributed by atoms with van der Waals surface area (Å²) >= 11 is 0. The minimum absolute atomic E-state index is 0.00607. The van der Waals surface area contributed by atoms with Gasteiger partial charge in [-0.15, -0.1) is 0 Å². The van der Waals surface area contributed by atoms with Crippen molar-refractivity contribution in [2.45, 2.75) is 38.0 Å². The van der Waals surface area contributed by atoms with Crippen LogP contribution >= 0.6 is 7.75 Å². The molecule has 6 atom stereocenters. The number of aromatic amines is 1. The highest BCUT2D eigenvalue weighted by molar-refractivity contribution is 7.52. The summed E-state index contributed by atoms with van der Waals surface area (Å²) in [6.45, 7) is -0.184. The highest BCUT2D eigenvalue weighted by atomic mass is 31.2. The summed E-state index contributed by atoms with van der Waals surface area (Å²) in [7, 11) is -4.31. The van der Waals surface area contributed by atoms with Crippen LogP contribution in [0.25, 0.3) is 0 Å². The quantitative estimate of drug-likeness (QED) is 0.215. The van der Waals surface area contributed by atoms with Crippen LogP contribution in [0.5, 0.6) is 5.75 Å². The summed E-state index contributed by atoms with van der Waals surface area (Å²) < 4.78 is 50.8. The number of nitrogens with one attached hydrogen (secondary N) is 2. The van der Waals surface area contributed by atoms with E-state index in [0.29, 0.717) is 0 Å². The number of nitrogens with zero attached hydrogens (tertiary/aromatic N) is 1. The van der Waals surface area contributed by atoms with Gasteiger partial charge in [0.05, 0.1) is 19.4 Å². The third-order valence-corrected chi connectivity index (χ3v) is 7.78. The maximum Gasteiger partial charge on any atom is 0.459 e. The lowest BCUT2D eigenvalue weighted by Gasteiger charge is -2.25. The normalized spacial score (nSPS) is 22.8. The molecule has 40 heavy (non-hydrogen) atoms. The van der Waals surface area contributed by atoms with Crippen molar-refractivity contribution in [2.24, 2.45) is 5.92 Å². The monoisotopic (exact) mass is 577 g/mol. The Bertz CT molecular complexity index is 1440. The van der Waals surface area contributed by atoms with Gasteiger partial charge in [0.15, 0.2) is 6.23 Å². The molecular formula is C26H29FN3O9P. The van der Waals surface area contributed by atoms with Gasteiger partial charge in [0, 0.05) is 18.2 Å². The maximum atomic E-state index is 13.9. The van der Waals surface area contributed by atoms with Crippen LogP contribution < -0.4 is 20.9 Å². The van der Waals surface area contributed by atoms with Crippen LogP contribution in [0.1, 0.15) is 18.7 Å². The van der Waals surface area contributed by atoms with Crippen molar-refractivity contribution in [1.29, 1.82) is 0 Å². The third-order valence-electron chi connectivity index (χ3n) is 6.13. The van der Waals surface area contributed by atoms with Gasteiger partial charge in [0.2, 0.25) is 0 Å². The molecule has 1 aliphatic rings. The minimum atomic E-state index is -4.31. The zero-order chi connectivity index (χ0) is 28.7. The Hall–Kier alpha value is -3.61. The number of esters is 1. The van der Waals surface area contributed by atoms with Gasteiger partial charge in [0.25, 0.3) is 5.56 Å². The molecule has 3 aromatic rings. The molecule has 0 amide bonds. The number of alkyl halides is 1. The Balaban J connectivity index is 1.47. The molecule has 2 aromatic carbocycles. The van der Waals surface area contributed by atoms with Crippen LogP contribution in [-0.4, -0.2) is 52.2 Å². The molecule has 214 valence electrons. The minimum Gasteiger partial charge on any atom is -0.460 e. The second-order valence-electron chi connectivity index (χ2n) is 9.03. The molecule has 1 aromatic heterocycles. The first-order chi connectivity index (χ1) is 19.2. The lowest BCUT2D eigenvalue weighted by Crippen LogP contribution is -2.36. The van der Waals surface area contributed by atoms with Crippen molar-refractivity contribution >= 4 is 13.7 Å². The van der Waals surface area contributed by atoms with Gasteiger partial charge >= 0.3 is 19.4 Å². The number of H-pyrrole nitrogens is 1. The number of benzene rings is 2. The van der Waals surface area contributed by atoms with Gasteiger partial charge in [-0.3, -0.25) is 28.1 Å². The molecule has 4 rings (SSSR count). The number of hydrogen-bond acceptors (Lipinski definition) is 9. The summed E-state index contributed by atoms with van der Waals surface area (Å²) in [4.78, 5) is 38.3. The highest BCUT2D eigenvalue weighted by Gasteiger charge is 2.46. The molecule has 3 N–H and O–H groups in total. The van der Waals surface area contributed by atoms with Crippen molar-refractivity contribution in [3.05, 3.63) is 99.3 Å². The fourth-order valence-electron chi connectivity index (χ4n) is 4.03. The van der Waals surface area contributed by atoms with Crippen molar-refractivity contribution in [3.63, 3.8) is 0 Å². The van der Waals surface area contributed by atoms with Gasteiger partial charge in [-0.05, 0) is 24.6 Å². The first-order valence-corrected chi connectivity index (χ1v) is 13.9. The predicted molar refractivity (Wildman–Crippen MR) is 140 cm³/mol. The SMILES string of the molecule is CC(NP(=O)(OCC1OC(n2ccc(=O)[nH]c2=O)C(O)C1CF)Oc1ccccc1)C(=O)OCc1ccccc1. The number of aliphatic hydroxyl groups is 1. The van der Waals surface area contributed by atoms with Crippen LogP contribution in [0.2, 0.25) is 0 Å². The topological polar surface area (TPSA) is 158 Å². The number of para-hydroxylation sites is 1. The van der Waals surface area contributed by atoms with E-state index in [0.717, 1.165) is 22.4 Å². The Kier molecular flexibility index (Phi) is 9.67. The average molecular weight is 578 g/mol. The van der Waals surface area contributed by atoms with Gasteiger partial charge in [-0.25, -0.2) is 9.36 Å². The number of ether oxygens (including phenoxy) is 2. The Morgan fingerprint density at radius 1 is 1.15 bits per heavy atom. The number of aliphatic hydroxyl groups excluding tert-OH is 1. The molecule has 1 fully saturated rings. The average Bonchev–Trinajstić information content (AvgIpc) is 3.26. The first kappa shape index (κ1) is 29.4. The van der Waals surface area contributed by atoms with Crippen molar-refractivity contribution in [2.75, 3.05) is 13.3 Å². The van der Waals surface area contributed by atoms with E-state index in [-0.39, 0.29) is 12.4 Å². The third kappa shape index (κ3) is 7.32. The van der Waals surface area contributed by atoms with Gasteiger partial charge < -0.3 is 19.1 Å². The van der Waals surface area contributed by atoms with Gasteiger partial charge in [-0.2, -0.15) is 5.09 Å². The molecule has 0 saturated carbocycles. The van der Waals surface area contributed by atoms with E-state index in [2.05, 4.69) is 5.09 Å². The fourth-order valence-corrected chi connectivity index (χ4v) is 5.53. The van der Waals surface area contributed by atoms with Crippen molar-refractivity contribution < 1.29 is 37.4 Å². The summed E-state index contributed by atoms with van der Waals surface area (Å²) in [5, 5.41) is 13.2. The Morgan fingerprint density at radius 2 is 1.82 bits per heavy atom. The van der Waals surface area contributed by atoms with E-state index in [9.17, 15) is 28.4 Å². The molecule has 12 nitrogen and oxygen atoms in total. The lowest BCUT2D eigenvalue weighted by atomic mass is 10.00. The molecule has 0 radical (unpaired) electrons. The van der Waals surface area contributed by atoms with E-state index in [4.69, 9.17) is 18.5 Å². The zero-order valence-electron chi connectivity index (χ0n) is 21.4. The maximum absolute atomic E-state index is 13.9. The fraction of sp³-hybridized carbons (Fsp3) is 0.346. The van der Waals surface area contributed by atoms with E-state index in [1.807, 2.05) is 11.1 Å². The molecule has 2 heterocycles. The summed E-state index contributed by atoms with van der Waals surface area (Å²) in [5.41, 5.74) is -0.760. The summed E-state index contributed by atoms with van der Waals surface area (Å²) in [5.74, 6) is -1.73. The highest BCUT2D eigenvalue weighted by Crippen LogP contribution is 2.46. The molecule has 0 bridgehead atoms. The smallest absolute Gasteiger partial charge is 0.459 e. The van der Waals surface area contributed by atoms with E-state index < -0.39 is 68.6 Å². The number of aromatic nitrogens is 2. The van der Waals surface area contributed by atoms with Gasteiger partial charge in [-0.1, -0.05) is 48.5 Å². The number of hydrogen-bond donors (Lipinski definition) is 3. The van der Waals surface area contributed by atoms with Crippen LogP contribution in [0.3, 0.4) is 0 Å². The second-order valence-corrected chi connectivity index (χ2v) is 10.7. The zero-order valence-corrected chi connectivity index (χ0v) is 22.3. The van der Waals surface area contributed by atoms with Crippen molar-refractivity contribution in [3.8, 4) is 5.75 Å². The Labute approximate surface area is 228 Å². The first-order valence-electron chi connectivity index (χ1n) is 12.4. The number of rotatable bonds is 12. The van der Waals surface area contributed by atoms with Crippen molar-refractivity contribution in [1.82, 2.24) is 14.6 Å². The Morgan fingerprint density at radius 3 is 2.48 bits per heavy atom. The summed E-state index contributed by atoms with van der Waals surface area (Å²) in [6, 6.07) is 16.9. The standard InChI is InChI=1S/C26H29FN3O9P/c1-17(25(33)36-15-18-8-4-2-5-9-18)29-40(35,39-19-10-6-3-7-11-19)37-16-21-20(14-27)23(32)24(38-21)30-13-12-22(31)28-26(30)34/h2-13,17,20-21,23-24,32H,14-16H2,1H3,(H,29,35)(H,28,31,34). The molecule has 0 spiro atoms. The molecular weight excluding hydrogens is 548 g/mol. The van der Waals surface area contributed by atoms with Crippen LogP contribution in [0.15, 0.2) is 82.5 Å². The summed E-state index contributed by atoms with van der Waals surface area (Å²) in [6.07, 6.45) is -2.88. The molecule has 14 heteroatoms. The van der Waals surface area contributed by atoms with E-state index in [1.165, 1.54) is 19.1 Å². The van der Waals surface area contributed by atoms with Crippen LogP contribution in [0.4, 0.5) is 4.39 Å². The molecule has 1 saturated heterocycles. The van der Waals surface area contributed by atoms with E-state index in [1.54, 1.807) is 42.5 Å². The number of carbonyl (C=O) groups is 1. The largest absolute Gasteiger partial charge is 0.460 e. The van der Waals surface area contributed by atoms with Crippen LogP contribution in [0, 0.1) is 5.92 Å². The lowest BCUT2D eigenvalue weighted by molar-refractivity contribution is -0.146. The predicted octanol–water partition coefficient (Wildman–Crippen LogP) is 2.31. The molecule has 6 unspecified atom stereocenters. The molecule has 1 aliphatic heterocycles. The van der Waals surface area contributed by atoms with E-state index >= 15 is 0 Å². The molecule has 0 aliphatic carbocycles. The van der Waals surface area contributed by atoms with Crippen LogP contribution in [-0.2, 0) is 30.0 Å². The second kappa shape index (κ2) is 13.2.